The number of unbranched alkanes of at least 4 members (excludes halogenated alkanes) is 34. The van der Waals surface area contributed by atoms with Crippen LogP contribution in [0.15, 0.2) is 85.1 Å². The molecule has 0 amide bonds. The van der Waals surface area contributed by atoms with Crippen LogP contribution >= 0.6 is 0 Å². The second-order valence-electron chi connectivity index (χ2n) is 21.6. The van der Waals surface area contributed by atoms with Crippen molar-refractivity contribution in [2.75, 3.05) is 13.2 Å². The first-order chi connectivity index (χ1) is 37.5. The first kappa shape index (κ1) is 72.6. The van der Waals surface area contributed by atoms with Gasteiger partial charge in [0.25, 0.3) is 0 Å². The molecule has 438 valence electrons. The maximum atomic E-state index is 12.9. The number of carbonyl (C=O) groups excluding carboxylic acids is 3. The van der Waals surface area contributed by atoms with Crippen molar-refractivity contribution in [3.63, 3.8) is 0 Å². The number of hydrogen-bond donors (Lipinski definition) is 0. The molecule has 6 nitrogen and oxygen atoms in total. The maximum Gasteiger partial charge on any atom is 0.306 e. The van der Waals surface area contributed by atoms with Gasteiger partial charge in [0, 0.05) is 19.3 Å². The largest absolute Gasteiger partial charge is 0.462 e. The number of hydrogen-bond acceptors (Lipinski definition) is 6. The van der Waals surface area contributed by atoms with Crippen LogP contribution in [-0.2, 0) is 28.6 Å². The zero-order chi connectivity index (χ0) is 55.0. The summed E-state index contributed by atoms with van der Waals surface area (Å²) < 4.78 is 16.9. The maximum absolute atomic E-state index is 12.9. The van der Waals surface area contributed by atoms with Gasteiger partial charge in [-0.15, -0.1) is 0 Å². The molecule has 0 rings (SSSR count). The Kier molecular flexibility index (Phi) is 61.2. The fourth-order valence-electron chi connectivity index (χ4n) is 9.27. The van der Waals surface area contributed by atoms with E-state index in [0.29, 0.717) is 19.3 Å². The molecule has 0 saturated heterocycles. The van der Waals surface area contributed by atoms with E-state index in [2.05, 4.69) is 106 Å². The summed E-state index contributed by atoms with van der Waals surface area (Å²) >= 11 is 0. The summed E-state index contributed by atoms with van der Waals surface area (Å²) in [4.78, 5) is 38.4. The van der Waals surface area contributed by atoms with Crippen LogP contribution in [0.2, 0.25) is 0 Å². The van der Waals surface area contributed by atoms with E-state index in [1.165, 1.54) is 173 Å². The van der Waals surface area contributed by atoms with Crippen molar-refractivity contribution >= 4 is 17.9 Å². The van der Waals surface area contributed by atoms with Crippen LogP contribution in [0.4, 0.5) is 0 Å². The lowest BCUT2D eigenvalue weighted by atomic mass is 10.0. The van der Waals surface area contributed by atoms with Crippen LogP contribution in [0.3, 0.4) is 0 Å². The van der Waals surface area contributed by atoms with Crippen LogP contribution in [0.5, 0.6) is 0 Å². The van der Waals surface area contributed by atoms with E-state index in [9.17, 15) is 14.4 Å². The number of rotatable bonds is 59. The third-order valence-electron chi connectivity index (χ3n) is 14.1. The summed E-state index contributed by atoms with van der Waals surface area (Å²) in [5.74, 6) is -0.877. The molecule has 6 heteroatoms. The summed E-state index contributed by atoms with van der Waals surface area (Å²) in [5.41, 5.74) is 0. The molecule has 0 heterocycles. The highest BCUT2D eigenvalue weighted by atomic mass is 16.6. The van der Waals surface area contributed by atoms with E-state index in [1.807, 2.05) is 0 Å². The molecule has 0 bridgehead atoms. The Hall–Kier alpha value is -3.41. The summed E-state index contributed by atoms with van der Waals surface area (Å²) in [6.07, 6.45) is 84.4. The quantitative estimate of drug-likeness (QED) is 0.0261. The molecule has 0 fully saturated rings. The van der Waals surface area contributed by atoms with Gasteiger partial charge < -0.3 is 14.2 Å². The average Bonchev–Trinajstić information content (AvgIpc) is 3.42. The van der Waals surface area contributed by atoms with Crippen molar-refractivity contribution in [2.24, 2.45) is 0 Å². The minimum atomic E-state index is -0.783. The minimum Gasteiger partial charge on any atom is -0.462 e. The topological polar surface area (TPSA) is 78.9 Å². The Morgan fingerprint density at radius 1 is 0.276 bits per heavy atom. The lowest BCUT2D eigenvalue weighted by Gasteiger charge is -2.18. The number of esters is 3. The number of ether oxygens (including phenoxy) is 3. The molecule has 0 aromatic carbocycles. The highest BCUT2D eigenvalue weighted by molar-refractivity contribution is 5.71. The van der Waals surface area contributed by atoms with Gasteiger partial charge in [0.1, 0.15) is 13.2 Å². The van der Waals surface area contributed by atoms with Crippen LogP contribution < -0.4 is 0 Å². The molecule has 76 heavy (non-hydrogen) atoms. The summed E-state index contributed by atoms with van der Waals surface area (Å²) in [7, 11) is 0. The molecule has 0 aliphatic heterocycles. The first-order valence-corrected chi connectivity index (χ1v) is 32.6. The molecule has 0 aliphatic rings. The van der Waals surface area contributed by atoms with Gasteiger partial charge in [-0.3, -0.25) is 14.4 Å². The van der Waals surface area contributed by atoms with E-state index in [-0.39, 0.29) is 31.1 Å². The molecule has 0 aromatic rings. The van der Waals surface area contributed by atoms with E-state index in [0.717, 1.165) is 109 Å². The fourth-order valence-corrected chi connectivity index (χ4v) is 9.27. The van der Waals surface area contributed by atoms with Gasteiger partial charge in [0.2, 0.25) is 0 Å². The summed E-state index contributed by atoms with van der Waals surface area (Å²) in [6.45, 7) is 6.54. The van der Waals surface area contributed by atoms with E-state index < -0.39 is 6.10 Å². The predicted octanol–water partition coefficient (Wildman–Crippen LogP) is 22.3. The fraction of sp³-hybridized carbons (Fsp3) is 0.757. The van der Waals surface area contributed by atoms with Gasteiger partial charge in [-0.2, -0.15) is 0 Å². The van der Waals surface area contributed by atoms with Gasteiger partial charge in [0.05, 0.1) is 0 Å². The van der Waals surface area contributed by atoms with Crippen molar-refractivity contribution in [3.05, 3.63) is 85.1 Å². The van der Waals surface area contributed by atoms with Gasteiger partial charge >= 0.3 is 17.9 Å². The van der Waals surface area contributed by atoms with Crippen LogP contribution in [-0.4, -0.2) is 37.2 Å². The molecule has 0 aliphatic carbocycles. The summed E-state index contributed by atoms with van der Waals surface area (Å²) in [5, 5.41) is 0. The normalized spacial score (nSPS) is 12.6. The van der Waals surface area contributed by atoms with Crippen molar-refractivity contribution < 1.29 is 28.6 Å². The molecule has 0 aromatic heterocycles. The third kappa shape index (κ3) is 61.4. The second kappa shape index (κ2) is 64.1. The SMILES string of the molecule is CC/C=C\C/C=C\C/C=C\C/C=C\C/C=C\CCCCCCCCCCCC(=O)OCC(COC(=O)CCCCCCCCCCCCCCCCC)OC(=O)CCCCCCCCC/C=C\C/C=C\CCCCCC. The van der Waals surface area contributed by atoms with Gasteiger partial charge in [-0.1, -0.05) is 292 Å². The summed E-state index contributed by atoms with van der Waals surface area (Å²) in [6, 6.07) is 0. The molecule has 1 atom stereocenters. The molecular weight excluding hydrogens is 937 g/mol. The van der Waals surface area contributed by atoms with Crippen molar-refractivity contribution in [1.82, 2.24) is 0 Å². The van der Waals surface area contributed by atoms with E-state index in [4.69, 9.17) is 14.2 Å². The lowest BCUT2D eigenvalue weighted by molar-refractivity contribution is -0.167. The van der Waals surface area contributed by atoms with E-state index >= 15 is 0 Å². The smallest absolute Gasteiger partial charge is 0.306 e. The highest BCUT2D eigenvalue weighted by Crippen LogP contribution is 2.17. The van der Waals surface area contributed by atoms with Crippen molar-refractivity contribution in [2.45, 2.75) is 329 Å². The Bertz CT molecular complexity index is 1450. The molecular formula is C70H122O6. The Morgan fingerprint density at radius 2 is 0.513 bits per heavy atom. The average molecular weight is 1060 g/mol. The molecule has 0 spiro atoms. The second-order valence-corrected chi connectivity index (χ2v) is 21.6. The van der Waals surface area contributed by atoms with Gasteiger partial charge in [0.15, 0.2) is 6.10 Å². The minimum absolute atomic E-state index is 0.0784. The molecule has 0 N–H and O–H groups in total. The zero-order valence-corrected chi connectivity index (χ0v) is 50.3. The monoisotopic (exact) mass is 1060 g/mol. The van der Waals surface area contributed by atoms with Gasteiger partial charge in [-0.25, -0.2) is 0 Å². The van der Waals surface area contributed by atoms with Crippen LogP contribution in [0.25, 0.3) is 0 Å². The first-order valence-electron chi connectivity index (χ1n) is 32.6. The van der Waals surface area contributed by atoms with E-state index in [1.54, 1.807) is 0 Å². The third-order valence-corrected chi connectivity index (χ3v) is 14.1. The zero-order valence-electron chi connectivity index (χ0n) is 50.3. The predicted molar refractivity (Wildman–Crippen MR) is 330 cm³/mol. The van der Waals surface area contributed by atoms with Crippen LogP contribution in [0.1, 0.15) is 323 Å². The van der Waals surface area contributed by atoms with Crippen LogP contribution in [0, 0.1) is 0 Å². The Morgan fingerprint density at radius 3 is 0.816 bits per heavy atom. The molecule has 0 saturated carbocycles. The standard InChI is InChI=1S/C70H122O6/c1-4-7-10-13-16-19-22-25-28-30-32-33-34-35-36-37-38-40-42-45-48-51-54-57-60-63-69(72)75-66-67(65-74-68(71)62-59-56-53-50-47-44-41-27-24-21-18-15-12-9-6-3)76-70(73)64-61-58-55-52-49-46-43-39-31-29-26-23-20-17-14-11-8-5-2/h7,10,16,19-20,23,25,28-29,31-33,35-36,67H,4-6,8-9,11-15,17-18,21-22,24,26-27,30,34,37-66H2,1-3H3/b10-7-,19-16-,23-20-,28-25-,31-29-,33-32-,36-35-. The molecule has 1 unspecified atom stereocenters. The number of carbonyl (C=O) groups is 3. The van der Waals surface area contributed by atoms with Crippen molar-refractivity contribution in [3.8, 4) is 0 Å². The highest BCUT2D eigenvalue weighted by Gasteiger charge is 2.19. The Labute approximate surface area is 471 Å². The van der Waals surface area contributed by atoms with Crippen molar-refractivity contribution in [1.29, 1.82) is 0 Å². The number of allylic oxidation sites excluding steroid dienone is 14. The van der Waals surface area contributed by atoms with Gasteiger partial charge in [-0.05, 0) is 96.3 Å². The lowest BCUT2D eigenvalue weighted by Crippen LogP contribution is -2.30. The molecule has 0 radical (unpaired) electrons. The Balaban J connectivity index is 4.35.